The Balaban J connectivity index is 2.32. The molecule has 2 aromatic carbocycles. The molecule has 0 fully saturated rings. The summed E-state index contributed by atoms with van der Waals surface area (Å²) >= 11 is 0. The predicted octanol–water partition coefficient (Wildman–Crippen LogP) is 3.67. The highest BCUT2D eigenvalue weighted by Gasteiger charge is 2.11. The van der Waals surface area contributed by atoms with E-state index in [1.807, 2.05) is 49.3 Å². The van der Waals surface area contributed by atoms with Crippen LogP contribution in [0.25, 0.3) is 6.08 Å². The van der Waals surface area contributed by atoms with Crippen molar-refractivity contribution >= 4 is 17.5 Å². The molecule has 0 aliphatic carbocycles. The zero-order valence-corrected chi connectivity index (χ0v) is 13.9. The number of hydrogen-bond donors (Lipinski definition) is 0. The number of hydrogen-bond acceptors (Lipinski definition) is 4. The summed E-state index contributed by atoms with van der Waals surface area (Å²) in [7, 11) is 7.06. The second-order valence-electron chi connectivity index (χ2n) is 5.22. The van der Waals surface area contributed by atoms with Crippen molar-refractivity contribution in [3.05, 3.63) is 59.7 Å². The van der Waals surface area contributed by atoms with E-state index in [0.717, 1.165) is 11.3 Å². The molecule has 0 N–H and O–H groups in total. The lowest BCUT2D eigenvalue weighted by Gasteiger charge is -2.15. The molecule has 120 valence electrons. The molecular weight excluding hydrogens is 290 g/mol. The van der Waals surface area contributed by atoms with Gasteiger partial charge in [-0.05, 0) is 42.0 Å². The minimum Gasteiger partial charge on any atom is -0.497 e. The Labute approximate surface area is 137 Å². The van der Waals surface area contributed by atoms with E-state index >= 15 is 0 Å². The molecule has 0 spiro atoms. The van der Waals surface area contributed by atoms with Gasteiger partial charge in [0.15, 0.2) is 5.78 Å². The molecular formula is C19H21NO3. The van der Waals surface area contributed by atoms with Crippen molar-refractivity contribution < 1.29 is 14.3 Å². The van der Waals surface area contributed by atoms with Gasteiger partial charge in [-0.15, -0.1) is 0 Å². The third-order valence-electron chi connectivity index (χ3n) is 3.50. The molecule has 0 atom stereocenters. The summed E-state index contributed by atoms with van der Waals surface area (Å²) < 4.78 is 10.4. The number of carbonyl (C=O) groups excluding carboxylic acids is 1. The molecule has 0 aromatic heterocycles. The second-order valence-corrected chi connectivity index (χ2v) is 5.22. The molecule has 0 saturated heterocycles. The maximum Gasteiger partial charge on any atom is 0.189 e. The first-order valence-electron chi connectivity index (χ1n) is 7.27. The van der Waals surface area contributed by atoms with Crippen molar-refractivity contribution in [2.75, 3.05) is 33.2 Å². The smallest absolute Gasteiger partial charge is 0.189 e. The Kier molecular flexibility index (Phi) is 5.41. The van der Waals surface area contributed by atoms with Crippen LogP contribution in [0.5, 0.6) is 11.5 Å². The summed E-state index contributed by atoms with van der Waals surface area (Å²) in [5, 5.41) is 0. The van der Waals surface area contributed by atoms with Gasteiger partial charge in [-0.3, -0.25) is 4.79 Å². The predicted molar refractivity (Wildman–Crippen MR) is 93.7 cm³/mol. The average molecular weight is 311 g/mol. The molecule has 0 saturated carbocycles. The minimum absolute atomic E-state index is 0.130. The van der Waals surface area contributed by atoms with Crippen molar-refractivity contribution in [3.8, 4) is 11.5 Å². The maximum absolute atomic E-state index is 12.5. The molecule has 0 heterocycles. The highest BCUT2D eigenvalue weighted by atomic mass is 16.5. The fraction of sp³-hybridized carbons (Fsp3) is 0.211. The van der Waals surface area contributed by atoms with Crippen molar-refractivity contribution in [1.82, 2.24) is 0 Å². The van der Waals surface area contributed by atoms with Crippen LogP contribution in [0.1, 0.15) is 15.9 Å². The quantitative estimate of drug-likeness (QED) is 0.603. The van der Waals surface area contributed by atoms with E-state index in [9.17, 15) is 4.79 Å². The lowest BCUT2D eigenvalue weighted by Crippen LogP contribution is -2.09. The summed E-state index contributed by atoms with van der Waals surface area (Å²) in [6.45, 7) is 0. The number of para-hydroxylation sites is 1. The summed E-state index contributed by atoms with van der Waals surface area (Å²) in [6.07, 6.45) is 3.37. The van der Waals surface area contributed by atoms with Crippen LogP contribution in [0.3, 0.4) is 0 Å². The third-order valence-corrected chi connectivity index (χ3v) is 3.50. The van der Waals surface area contributed by atoms with Gasteiger partial charge in [0.25, 0.3) is 0 Å². The van der Waals surface area contributed by atoms with E-state index in [1.165, 1.54) is 0 Å². The largest absolute Gasteiger partial charge is 0.497 e. The lowest BCUT2D eigenvalue weighted by atomic mass is 10.1. The third kappa shape index (κ3) is 3.92. The summed E-state index contributed by atoms with van der Waals surface area (Å²) in [4.78, 5) is 14.5. The molecule has 0 aliphatic rings. The van der Waals surface area contributed by atoms with Gasteiger partial charge in [-0.2, -0.15) is 0 Å². The number of ketones is 1. The molecule has 4 heteroatoms. The van der Waals surface area contributed by atoms with Gasteiger partial charge >= 0.3 is 0 Å². The van der Waals surface area contributed by atoms with E-state index in [0.29, 0.717) is 17.1 Å². The van der Waals surface area contributed by atoms with E-state index in [2.05, 4.69) is 0 Å². The zero-order chi connectivity index (χ0) is 16.8. The van der Waals surface area contributed by atoms with Gasteiger partial charge in [-0.25, -0.2) is 0 Å². The molecule has 0 amide bonds. The van der Waals surface area contributed by atoms with Crippen molar-refractivity contribution in [1.29, 1.82) is 0 Å². The van der Waals surface area contributed by atoms with Gasteiger partial charge in [0.2, 0.25) is 0 Å². The number of rotatable bonds is 6. The van der Waals surface area contributed by atoms with E-state index < -0.39 is 0 Å². The number of ether oxygens (including phenoxy) is 2. The Morgan fingerprint density at radius 2 is 1.78 bits per heavy atom. The van der Waals surface area contributed by atoms with Crippen LogP contribution in [0, 0.1) is 0 Å². The number of allylic oxidation sites excluding steroid dienone is 1. The normalized spacial score (nSPS) is 10.6. The Morgan fingerprint density at radius 3 is 2.43 bits per heavy atom. The van der Waals surface area contributed by atoms with Crippen LogP contribution in [0.2, 0.25) is 0 Å². The topological polar surface area (TPSA) is 38.8 Å². The van der Waals surface area contributed by atoms with E-state index in [4.69, 9.17) is 9.47 Å². The van der Waals surface area contributed by atoms with Crippen LogP contribution >= 0.6 is 0 Å². The first-order chi connectivity index (χ1) is 11.1. The number of anilines is 1. The molecule has 4 nitrogen and oxygen atoms in total. The number of methoxy groups -OCH3 is 2. The standard InChI is InChI=1S/C19H21NO3/c1-20(2)17-8-6-5-7-14(17)9-11-18(21)16-13-15(22-3)10-12-19(16)23-4/h5-13H,1-4H3. The zero-order valence-electron chi connectivity index (χ0n) is 13.9. The van der Waals surface area contributed by atoms with Crippen molar-refractivity contribution in [2.45, 2.75) is 0 Å². The fourth-order valence-electron chi connectivity index (χ4n) is 2.30. The van der Waals surface area contributed by atoms with Gasteiger partial charge in [0, 0.05) is 19.8 Å². The SMILES string of the molecule is COc1ccc(OC)c(C(=O)C=Cc2ccccc2N(C)C)c1. The molecule has 2 aromatic rings. The molecule has 0 bridgehead atoms. The Bertz CT molecular complexity index is 720. The molecule has 2 rings (SSSR count). The number of benzene rings is 2. The summed E-state index contributed by atoms with van der Waals surface area (Å²) in [5.74, 6) is 1.02. The second kappa shape index (κ2) is 7.49. The fourth-order valence-corrected chi connectivity index (χ4v) is 2.30. The first kappa shape index (κ1) is 16.6. The van der Waals surface area contributed by atoms with Crippen LogP contribution in [-0.4, -0.2) is 34.1 Å². The van der Waals surface area contributed by atoms with Crippen LogP contribution in [0.4, 0.5) is 5.69 Å². The Morgan fingerprint density at radius 1 is 1.04 bits per heavy atom. The van der Waals surface area contributed by atoms with Crippen molar-refractivity contribution in [3.63, 3.8) is 0 Å². The highest BCUT2D eigenvalue weighted by Crippen LogP contribution is 2.25. The number of carbonyl (C=O) groups is 1. The van der Waals surface area contributed by atoms with Gasteiger partial charge in [0.05, 0.1) is 19.8 Å². The van der Waals surface area contributed by atoms with Gasteiger partial charge < -0.3 is 14.4 Å². The van der Waals surface area contributed by atoms with E-state index in [-0.39, 0.29) is 5.78 Å². The lowest BCUT2D eigenvalue weighted by molar-refractivity contribution is 0.104. The molecule has 23 heavy (non-hydrogen) atoms. The van der Waals surface area contributed by atoms with Crippen LogP contribution < -0.4 is 14.4 Å². The van der Waals surface area contributed by atoms with Crippen LogP contribution in [-0.2, 0) is 0 Å². The molecule has 0 unspecified atom stereocenters. The minimum atomic E-state index is -0.130. The highest BCUT2D eigenvalue weighted by molar-refractivity contribution is 6.09. The monoisotopic (exact) mass is 311 g/mol. The first-order valence-corrected chi connectivity index (χ1v) is 7.27. The van der Waals surface area contributed by atoms with Gasteiger partial charge in [0.1, 0.15) is 11.5 Å². The number of nitrogens with zero attached hydrogens (tertiary/aromatic N) is 1. The van der Waals surface area contributed by atoms with Crippen LogP contribution in [0.15, 0.2) is 48.5 Å². The summed E-state index contributed by atoms with van der Waals surface area (Å²) in [6, 6.07) is 13.1. The van der Waals surface area contributed by atoms with Gasteiger partial charge in [-0.1, -0.05) is 18.2 Å². The summed E-state index contributed by atoms with van der Waals surface area (Å²) in [5.41, 5.74) is 2.51. The maximum atomic E-state index is 12.5. The Hall–Kier alpha value is -2.75. The van der Waals surface area contributed by atoms with Crippen molar-refractivity contribution in [2.24, 2.45) is 0 Å². The van der Waals surface area contributed by atoms with E-state index in [1.54, 1.807) is 38.5 Å². The molecule has 0 aliphatic heterocycles. The molecule has 0 radical (unpaired) electrons. The average Bonchev–Trinajstić information content (AvgIpc) is 2.59.